The molecule has 0 aliphatic heterocycles. The van der Waals surface area contributed by atoms with Crippen molar-refractivity contribution in [3.05, 3.63) is 34.4 Å². The molecular formula is C14H22N2O. The Morgan fingerprint density at radius 3 is 2.00 bits per heavy atom. The molecule has 0 saturated heterocycles. The van der Waals surface area contributed by atoms with Gasteiger partial charge in [-0.1, -0.05) is 17.7 Å². The van der Waals surface area contributed by atoms with Crippen molar-refractivity contribution in [3.63, 3.8) is 0 Å². The topological polar surface area (TPSA) is 55.1 Å². The second-order valence-electron chi connectivity index (χ2n) is 4.97. The van der Waals surface area contributed by atoms with Gasteiger partial charge in [0.05, 0.1) is 0 Å². The van der Waals surface area contributed by atoms with Crippen molar-refractivity contribution in [2.75, 3.05) is 0 Å². The first kappa shape index (κ1) is 13.7. The minimum Gasteiger partial charge on any atom is -0.368 e. The van der Waals surface area contributed by atoms with Crippen LogP contribution in [-0.4, -0.2) is 11.9 Å². The molecule has 3 nitrogen and oxygen atoms in total. The van der Waals surface area contributed by atoms with Crippen LogP contribution in [-0.2, 0) is 4.79 Å². The minimum atomic E-state index is -0.407. The van der Waals surface area contributed by atoms with Crippen LogP contribution in [0.4, 0.5) is 0 Å². The monoisotopic (exact) mass is 234 g/mol. The molecule has 94 valence electrons. The van der Waals surface area contributed by atoms with E-state index in [4.69, 9.17) is 5.73 Å². The molecule has 0 radical (unpaired) electrons. The van der Waals surface area contributed by atoms with E-state index in [1.54, 1.807) is 0 Å². The van der Waals surface area contributed by atoms with Crippen LogP contribution in [0.1, 0.15) is 42.1 Å². The van der Waals surface area contributed by atoms with Gasteiger partial charge in [0.25, 0.3) is 0 Å². The van der Waals surface area contributed by atoms with E-state index >= 15 is 0 Å². The van der Waals surface area contributed by atoms with Crippen LogP contribution in [0, 0.1) is 20.8 Å². The Morgan fingerprint density at radius 1 is 1.18 bits per heavy atom. The third kappa shape index (κ3) is 3.30. The summed E-state index contributed by atoms with van der Waals surface area (Å²) in [5.41, 5.74) is 9.93. The molecule has 1 aromatic carbocycles. The molecule has 0 saturated carbocycles. The second-order valence-corrected chi connectivity index (χ2v) is 4.97. The maximum Gasteiger partial charge on any atom is 0.239 e. The fourth-order valence-electron chi connectivity index (χ4n) is 2.29. The third-order valence-electron chi connectivity index (χ3n) is 2.81. The Bertz CT molecular complexity index is 401. The van der Waals surface area contributed by atoms with Crippen LogP contribution in [0.25, 0.3) is 0 Å². The molecule has 0 aromatic heterocycles. The van der Waals surface area contributed by atoms with E-state index < -0.39 is 6.04 Å². The van der Waals surface area contributed by atoms with Crippen molar-refractivity contribution >= 4 is 5.91 Å². The maximum atomic E-state index is 11.6. The second kappa shape index (κ2) is 5.32. The molecule has 3 N–H and O–H groups in total. The van der Waals surface area contributed by atoms with Gasteiger partial charge in [-0.3, -0.25) is 10.1 Å². The predicted molar refractivity (Wildman–Crippen MR) is 70.9 cm³/mol. The molecule has 0 heterocycles. The summed E-state index contributed by atoms with van der Waals surface area (Å²) in [6.07, 6.45) is 0. The number of amides is 1. The number of carbonyl (C=O) groups is 1. The van der Waals surface area contributed by atoms with Crippen molar-refractivity contribution in [3.8, 4) is 0 Å². The number of rotatable bonds is 4. The minimum absolute atomic E-state index is 0.215. The predicted octanol–water partition coefficient (Wildman–Crippen LogP) is 2.14. The number of carbonyl (C=O) groups excluding carboxylic acids is 1. The number of hydrogen-bond donors (Lipinski definition) is 2. The van der Waals surface area contributed by atoms with Gasteiger partial charge in [0.1, 0.15) is 6.04 Å². The molecule has 3 heteroatoms. The summed E-state index contributed by atoms with van der Waals surface area (Å²) in [5.74, 6) is -0.325. The van der Waals surface area contributed by atoms with E-state index in [1.165, 1.54) is 5.56 Å². The largest absolute Gasteiger partial charge is 0.368 e. The summed E-state index contributed by atoms with van der Waals surface area (Å²) in [5, 5.41) is 3.22. The average Bonchev–Trinajstić information content (AvgIpc) is 2.13. The van der Waals surface area contributed by atoms with Crippen molar-refractivity contribution in [2.24, 2.45) is 5.73 Å². The summed E-state index contributed by atoms with van der Waals surface area (Å²) in [6.45, 7) is 10.1. The lowest BCUT2D eigenvalue weighted by Crippen LogP contribution is -2.38. The van der Waals surface area contributed by atoms with Crippen LogP contribution in [0.2, 0.25) is 0 Å². The molecule has 0 fully saturated rings. The third-order valence-corrected chi connectivity index (χ3v) is 2.81. The van der Waals surface area contributed by atoms with E-state index in [-0.39, 0.29) is 11.9 Å². The molecule has 17 heavy (non-hydrogen) atoms. The highest BCUT2D eigenvalue weighted by atomic mass is 16.1. The molecule has 1 amide bonds. The van der Waals surface area contributed by atoms with Gasteiger partial charge in [-0.25, -0.2) is 0 Å². The van der Waals surface area contributed by atoms with Crippen molar-refractivity contribution in [1.82, 2.24) is 5.32 Å². The molecule has 1 aromatic rings. The average molecular weight is 234 g/mol. The normalized spacial score (nSPS) is 12.8. The lowest BCUT2D eigenvalue weighted by atomic mass is 9.93. The van der Waals surface area contributed by atoms with E-state index in [9.17, 15) is 4.79 Å². The van der Waals surface area contributed by atoms with E-state index in [2.05, 4.69) is 24.4 Å². The molecule has 1 rings (SSSR count). The Kier molecular flexibility index (Phi) is 4.29. The van der Waals surface area contributed by atoms with Crippen LogP contribution in [0.3, 0.4) is 0 Å². The van der Waals surface area contributed by atoms with Gasteiger partial charge in [0.15, 0.2) is 0 Å². The van der Waals surface area contributed by atoms with Gasteiger partial charge in [-0.2, -0.15) is 0 Å². The van der Waals surface area contributed by atoms with Crippen LogP contribution in [0.5, 0.6) is 0 Å². The highest BCUT2D eigenvalue weighted by Crippen LogP contribution is 2.23. The van der Waals surface area contributed by atoms with Crippen molar-refractivity contribution in [1.29, 1.82) is 0 Å². The molecule has 0 spiro atoms. The molecule has 1 atom stereocenters. The molecular weight excluding hydrogens is 212 g/mol. The quantitative estimate of drug-likeness (QED) is 0.838. The van der Waals surface area contributed by atoms with Gasteiger partial charge in [-0.15, -0.1) is 0 Å². The van der Waals surface area contributed by atoms with Crippen LogP contribution < -0.4 is 11.1 Å². The van der Waals surface area contributed by atoms with Gasteiger partial charge in [-0.05, 0) is 51.3 Å². The standard InChI is InChI=1S/C14H22N2O/c1-8(2)16-13(14(15)17)12-10(4)6-9(3)7-11(12)5/h6-8,13,16H,1-5H3,(H2,15,17). The fourth-order valence-corrected chi connectivity index (χ4v) is 2.29. The van der Waals surface area contributed by atoms with Gasteiger partial charge >= 0.3 is 0 Å². The van der Waals surface area contributed by atoms with E-state index in [0.29, 0.717) is 0 Å². The highest BCUT2D eigenvalue weighted by Gasteiger charge is 2.22. The Balaban J connectivity index is 3.23. The van der Waals surface area contributed by atoms with Gasteiger partial charge in [0, 0.05) is 6.04 Å². The molecule has 0 aliphatic rings. The molecule has 1 unspecified atom stereocenters. The Morgan fingerprint density at radius 2 is 1.65 bits per heavy atom. The number of nitrogens with one attached hydrogen (secondary N) is 1. The smallest absolute Gasteiger partial charge is 0.239 e. The number of benzene rings is 1. The first-order valence-corrected chi connectivity index (χ1v) is 5.96. The summed E-state index contributed by atoms with van der Waals surface area (Å²) >= 11 is 0. The van der Waals surface area contributed by atoms with Gasteiger partial charge in [0.2, 0.25) is 5.91 Å². The first-order valence-electron chi connectivity index (χ1n) is 5.96. The molecule has 0 bridgehead atoms. The summed E-state index contributed by atoms with van der Waals surface area (Å²) < 4.78 is 0. The van der Waals surface area contributed by atoms with Crippen molar-refractivity contribution in [2.45, 2.75) is 46.7 Å². The van der Waals surface area contributed by atoms with Crippen molar-refractivity contribution < 1.29 is 4.79 Å². The SMILES string of the molecule is Cc1cc(C)c(C(NC(C)C)C(N)=O)c(C)c1. The number of primary amides is 1. The fraction of sp³-hybridized carbons (Fsp3) is 0.500. The highest BCUT2D eigenvalue weighted by molar-refractivity contribution is 5.82. The lowest BCUT2D eigenvalue weighted by Gasteiger charge is -2.22. The zero-order valence-electron chi connectivity index (χ0n) is 11.3. The van der Waals surface area contributed by atoms with Crippen LogP contribution >= 0.6 is 0 Å². The summed E-state index contributed by atoms with van der Waals surface area (Å²) in [7, 11) is 0. The lowest BCUT2D eigenvalue weighted by molar-refractivity contribution is -0.120. The number of nitrogens with two attached hydrogens (primary N) is 1. The maximum absolute atomic E-state index is 11.6. The van der Waals surface area contributed by atoms with E-state index in [0.717, 1.165) is 16.7 Å². The Labute approximate surface area is 103 Å². The van der Waals surface area contributed by atoms with Crippen LogP contribution in [0.15, 0.2) is 12.1 Å². The summed E-state index contributed by atoms with van der Waals surface area (Å²) in [4.78, 5) is 11.6. The van der Waals surface area contributed by atoms with E-state index in [1.807, 2.05) is 27.7 Å². The number of hydrogen-bond acceptors (Lipinski definition) is 2. The Hall–Kier alpha value is -1.35. The number of aryl methyl sites for hydroxylation is 3. The first-order chi connectivity index (χ1) is 7.82. The zero-order valence-corrected chi connectivity index (χ0v) is 11.3. The zero-order chi connectivity index (χ0) is 13.2. The summed E-state index contributed by atoms with van der Waals surface area (Å²) in [6, 6.07) is 3.98. The molecule has 0 aliphatic carbocycles. The van der Waals surface area contributed by atoms with Gasteiger partial charge < -0.3 is 5.73 Å².